The van der Waals surface area contributed by atoms with Gasteiger partial charge >= 0.3 is 5.97 Å². The summed E-state index contributed by atoms with van der Waals surface area (Å²) in [5, 5.41) is 26.8. The zero-order valence-corrected chi connectivity index (χ0v) is 20.6. The maximum absolute atomic E-state index is 13.2. The molecule has 0 aromatic heterocycles. The molecule has 4 atom stereocenters. The Labute approximate surface area is 210 Å². The molecule has 0 fully saturated rings. The molecule has 3 amide bonds. The Bertz CT molecular complexity index is 1040. The van der Waals surface area contributed by atoms with Gasteiger partial charge in [0, 0.05) is 12.8 Å². The zero-order chi connectivity index (χ0) is 26.8. The van der Waals surface area contributed by atoms with Crippen LogP contribution < -0.4 is 21.7 Å². The summed E-state index contributed by atoms with van der Waals surface area (Å²) in [6, 6.07) is 10.9. The minimum absolute atomic E-state index is 0.0127. The Kier molecular flexibility index (Phi) is 10.4. The molecule has 0 aliphatic rings. The van der Waals surface area contributed by atoms with Crippen molar-refractivity contribution in [1.82, 2.24) is 16.0 Å². The summed E-state index contributed by atoms with van der Waals surface area (Å²) in [6.07, 6.45) is 0.164. The van der Waals surface area contributed by atoms with Crippen molar-refractivity contribution >= 4 is 23.7 Å². The first-order chi connectivity index (χ1) is 17.0. The highest BCUT2D eigenvalue weighted by Crippen LogP contribution is 2.12. The number of rotatable bonds is 12. The van der Waals surface area contributed by atoms with Gasteiger partial charge in [-0.3, -0.25) is 14.4 Å². The van der Waals surface area contributed by atoms with E-state index in [4.69, 9.17) is 5.73 Å². The van der Waals surface area contributed by atoms with Crippen molar-refractivity contribution in [2.75, 3.05) is 0 Å². The summed E-state index contributed by atoms with van der Waals surface area (Å²) in [5.41, 5.74) is 7.06. The van der Waals surface area contributed by atoms with Gasteiger partial charge in [0.1, 0.15) is 23.9 Å². The standard InChI is InChI=1S/C26H34N4O6/c1-15(2)22(25(34)29-21(26(35)36)14-18-9-11-19(31)12-10-18)30-24(33)20(28-23(32)16(3)27)13-17-7-5-4-6-8-17/h4-12,15-16,20-22,31H,13-14,27H2,1-3H3,(H,28,32)(H,29,34)(H,30,33)(H,35,36). The number of aliphatic carboxylic acids is 1. The van der Waals surface area contributed by atoms with Gasteiger partial charge in [0.15, 0.2) is 0 Å². The van der Waals surface area contributed by atoms with Gasteiger partial charge in [0.05, 0.1) is 6.04 Å². The van der Waals surface area contributed by atoms with Gasteiger partial charge in [0.25, 0.3) is 0 Å². The molecule has 36 heavy (non-hydrogen) atoms. The molecule has 0 heterocycles. The van der Waals surface area contributed by atoms with Gasteiger partial charge in [-0.25, -0.2) is 4.79 Å². The lowest BCUT2D eigenvalue weighted by Crippen LogP contribution is -2.58. The summed E-state index contributed by atoms with van der Waals surface area (Å²) in [7, 11) is 0. The molecule has 4 unspecified atom stereocenters. The fraction of sp³-hybridized carbons (Fsp3) is 0.385. The van der Waals surface area contributed by atoms with E-state index in [-0.39, 0.29) is 24.5 Å². The third-order valence-electron chi connectivity index (χ3n) is 5.57. The molecule has 2 aromatic carbocycles. The molecule has 10 nitrogen and oxygen atoms in total. The fourth-order valence-corrected chi connectivity index (χ4v) is 3.48. The van der Waals surface area contributed by atoms with Crippen LogP contribution in [0.25, 0.3) is 0 Å². The molecule has 0 aliphatic carbocycles. The molecule has 0 saturated heterocycles. The van der Waals surface area contributed by atoms with E-state index in [1.54, 1.807) is 26.0 Å². The van der Waals surface area contributed by atoms with Crippen molar-refractivity contribution in [2.45, 2.75) is 57.8 Å². The van der Waals surface area contributed by atoms with Crippen molar-refractivity contribution in [3.63, 3.8) is 0 Å². The number of hydrogen-bond donors (Lipinski definition) is 6. The number of carbonyl (C=O) groups excluding carboxylic acids is 3. The molecular formula is C26H34N4O6. The third kappa shape index (κ3) is 8.70. The Morgan fingerprint density at radius 3 is 1.81 bits per heavy atom. The van der Waals surface area contributed by atoms with Gasteiger partial charge in [-0.2, -0.15) is 0 Å². The van der Waals surface area contributed by atoms with E-state index in [1.165, 1.54) is 19.1 Å². The molecule has 0 bridgehead atoms. The topological polar surface area (TPSA) is 171 Å². The number of benzene rings is 2. The Morgan fingerprint density at radius 1 is 0.750 bits per heavy atom. The Hall–Kier alpha value is -3.92. The van der Waals surface area contributed by atoms with Crippen LogP contribution >= 0.6 is 0 Å². The maximum Gasteiger partial charge on any atom is 0.326 e. The van der Waals surface area contributed by atoms with Crippen LogP contribution in [0.2, 0.25) is 0 Å². The minimum atomic E-state index is -1.25. The number of phenolic OH excluding ortho intramolecular Hbond substituents is 1. The normalized spacial score (nSPS) is 14.2. The first-order valence-electron chi connectivity index (χ1n) is 11.7. The van der Waals surface area contributed by atoms with E-state index < -0.39 is 47.9 Å². The van der Waals surface area contributed by atoms with Gasteiger partial charge in [0.2, 0.25) is 17.7 Å². The molecule has 0 spiro atoms. The van der Waals surface area contributed by atoms with Crippen molar-refractivity contribution < 1.29 is 29.4 Å². The van der Waals surface area contributed by atoms with Crippen LogP contribution in [0.3, 0.4) is 0 Å². The number of carboxylic acid groups (broad SMARTS) is 1. The molecule has 2 aromatic rings. The third-order valence-corrected chi connectivity index (χ3v) is 5.57. The summed E-state index contributed by atoms with van der Waals surface area (Å²) < 4.78 is 0. The second kappa shape index (κ2) is 13.2. The predicted molar refractivity (Wildman–Crippen MR) is 134 cm³/mol. The smallest absolute Gasteiger partial charge is 0.326 e. The van der Waals surface area contributed by atoms with Crippen molar-refractivity contribution in [1.29, 1.82) is 0 Å². The van der Waals surface area contributed by atoms with Crippen LogP contribution in [-0.4, -0.2) is 58.1 Å². The number of carbonyl (C=O) groups is 4. The average molecular weight is 499 g/mol. The highest BCUT2D eigenvalue weighted by Gasteiger charge is 2.31. The second-order valence-electron chi connectivity index (χ2n) is 9.04. The van der Waals surface area contributed by atoms with Crippen molar-refractivity contribution in [3.8, 4) is 5.75 Å². The van der Waals surface area contributed by atoms with E-state index >= 15 is 0 Å². The van der Waals surface area contributed by atoms with Crippen LogP contribution in [0.5, 0.6) is 5.75 Å². The lowest BCUT2D eigenvalue weighted by molar-refractivity contribution is -0.142. The highest BCUT2D eigenvalue weighted by molar-refractivity contribution is 5.94. The number of hydrogen-bond acceptors (Lipinski definition) is 6. The quantitative estimate of drug-likeness (QED) is 0.250. The molecule has 0 aliphatic heterocycles. The number of nitrogens with two attached hydrogens (primary N) is 1. The predicted octanol–water partition coefficient (Wildman–Crippen LogP) is 0.720. The lowest BCUT2D eigenvalue weighted by atomic mass is 9.99. The molecule has 10 heteroatoms. The van der Waals surface area contributed by atoms with Crippen LogP contribution in [0, 0.1) is 5.92 Å². The van der Waals surface area contributed by atoms with Crippen LogP contribution in [0.4, 0.5) is 0 Å². The first kappa shape index (κ1) is 28.3. The number of nitrogens with one attached hydrogen (secondary N) is 3. The van der Waals surface area contributed by atoms with E-state index in [9.17, 15) is 29.4 Å². The van der Waals surface area contributed by atoms with Gasteiger partial charge in [-0.05, 0) is 36.1 Å². The highest BCUT2D eigenvalue weighted by atomic mass is 16.4. The lowest BCUT2D eigenvalue weighted by Gasteiger charge is -2.27. The number of phenols is 1. The maximum atomic E-state index is 13.2. The largest absolute Gasteiger partial charge is 0.508 e. The van der Waals surface area contributed by atoms with E-state index in [0.29, 0.717) is 5.56 Å². The molecule has 0 radical (unpaired) electrons. The van der Waals surface area contributed by atoms with Crippen LogP contribution in [0.15, 0.2) is 54.6 Å². The van der Waals surface area contributed by atoms with Gasteiger partial charge < -0.3 is 31.9 Å². The molecular weight excluding hydrogens is 464 g/mol. The monoisotopic (exact) mass is 498 g/mol. The molecule has 0 saturated carbocycles. The van der Waals surface area contributed by atoms with Crippen LogP contribution in [0.1, 0.15) is 31.9 Å². The summed E-state index contributed by atoms with van der Waals surface area (Å²) >= 11 is 0. The van der Waals surface area contributed by atoms with Crippen LogP contribution in [-0.2, 0) is 32.0 Å². The fourth-order valence-electron chi connectivity index (χ4n) is 3.48. The van der Waals surface area contributed by atoms with Gasteiger partial charge in [-0.1, -0.05) is 56.3 Å². The van der Waals surface area contributed by atoms with E-state index in [1.807, 2.05) is 30.3 Å². The number of amides is 3. The SMILES string of the molecule is CC(N)C(=O)NC(Cc1ccccc1)C(=O)NC(C(=O)NC(Cc1ccc(O)cc1)C(=O)O)C(C)C. The average Bonchev–Trinajstić information content (AvgIpc) is 2.82. The number of aromatic hydroxyl groups is 1. The molecule has 194 valence electrons. The van der Waals surface area contributed by atoms with Gasteiger partial charge in [-0.15, -0.1) is 0 Å². The van der Waals surface area contributed by atoms with Crippen molar-refractivity contribution in [3.05, 3.63) is 65.7 Å². The Morgan fingerprint density at radius 2 is 1.28 bits per heavy atom. The zero-order valence-electron chi connectivity index (χ0n) is 20.6. The number of carboxylic acids is 1. The summed E-state index contributed by atoms with van der Waals surface area (Å²) in [5.74, 6) is -3.35. The first-order valence-corrected chi connectivity index (χ1v) is 11.7. The molecule has 7 N–H and O–H groups in total. The minimum Gasteiger partial charge on any atom is -0.508 e. The molecule has 2 rings (SSSR count). The van der Waals surface area contributed by atoms with E-state index in [2.05, 4.69) is 16.0 Å². The second-order valence-corrected chi connectivity index (χ2v) is 9.04. The van der Waals surface area contributed by atoms with Crippen molar-refractivity contribution in [2.24, 2.45) is 11.7 Å². The van der Waals surface area contributed by atoms with E-state index in [0.717, 1.165) is 5.56 Å². The Balaban J connectivity index is 2.16. The summed E-state index contributed by atoms with van der Waals surface area (Å²) in [4.78, 5) is 50.3. The summed E-state index contributed by atoms with van der Waals surface area (Å²) in [6.45, 7) is 4.93.